The summed E-state index contributed by atoms with van der Waals surface area (Å²) in [4.78, 5) is 15.1. The maximum atomic E-state index is 11.7. The molecule has 1 unspecified atom stereocenters. The first-order valence-electron chi connectivity index (χ1n) is 14.0. The van der Waals surface area contributed by atoms with Crippen LogP contribution in [0.5, 0.6) is 0 Å². The first-order valence-corrected chi connectivity index (χ1v) is 14.0. The number of quaternary nitrogens is 1. The van der Waals surface area contributed by atoms with Crippen molar-refractivity contribution in [3.8, 4) is 0 Å². The Kier molecular flexibility index (Phi) is 28.0. The molecule has 0 heterocycles. The molecule has 0 spiro atoms. The highest BCUT2D eigenvalue weighted by Gasteiger charge is 2.18. The van der Waals surface area contributed by atoms with Crippen molar-refractivity contribution in [1.29, 1.82) is 0 Å². The van der Waals surface area contributed by atoms with E-state index in [0.29, 0.717) is 6.54 Å². The van der Waals surface area contributed by atoms with Gasteiger partial charge in [-0.1, -0.05) is 112 Å². The van der Waals surface area contributed by atoms with Gasteiger partial charge in [-0.2, -0.15) is 0 Å². The van der Waals surface area contributed by atoms with Crippen LogP contribution in [0.2, 0.25) is 0 Å². The lowest BCUT2D eigenvalue weighted by Crippen LogP contribution is -3.05. The van der Waals surface area contributed by atoms with E-state index in [1.807, 2.05) is 73.4 Å². The Morgan fingerprint density at radius 1 is 1.00 bits per heavy atom. The van der Waals surface area contributed by atoms with Gasteiger partial charge < -0.3 is 15.1 Å². The monoisotopic (exact) mass is 522 g/mol. The van der Waals surface area contributed by atoms with Crippen molar-refractivity contribution in [1.82, 2.24) is 10.2 Å². The second-order valence-corrected chi connectivity index (χ2v) is 9.23. The zero-order valence-electron chi connectivity index (χ0n) is 25.3. The Bertz CT molecular complexity index is 819. The smallest absolute Gasteiger partial charge is 0.210 e. The van der Waals surface area contributed by atoms with Gasteiger partial charge in [-0.25, -0.2) is 0 Å². The molecule has 0 bridgehead atoms. The fourth-order valence-corrected chi connectivity index (χ4v) is 3.35. The maximum Gasteiger partial charge on any atom is 0.210 e. The van der Waals surface area contributed by atoms with Crippen LogP contribution >= 0.6 is 0 Å². The summed E-state index contributed by atoms with van der Waals surface area (Å²) in [6.07, 6.45) is 24.4. The molecule has 212 valence electrons. The number of allylic oxidation sites excluding steroid dienone is 10. The van der Waals surface area contributed by atoms with Crippen LogP contribution in [0.1, 0.15) is 59.4 Å². The van der Waals surface area contributed by atoms with Crippen LogP contribution < -0.4 is 10.2 Å². The molecule has 0 aliphatic rings. The highest BCUT2D eigenvalue weighted by Crippen LogP contribution is 2.13. The molecule has 1 amide bonds. The summed E-state index contributed by atoms with van der Waals surface area (Å²) in [5.74, 6) is 0. The van der Waals surface area contributed by atoms with Crippen molar-refractivity contribution < 1.29 is 9.69 Å². The lowest BCUT2D eigenvalue weighted by Gasteiger charge is -2.29. The van der Waals surface area contributed by atoms with E-state index in [4.69, 9.17) is 0 Å². The zero-order valence-corrected chi connectivity index (χ0v) is 25.3. The molecule has 0 aliphatic heterocycles. The molecule has 0 aliphatic carbocycles. The molecule has 1 atom stereocenters. The highest BCUT2D eigenvalue weighted by atomic mass is 16.1. The summed E-state index contributed by atoms with van der Waals surface area (Å²) >= 11 is 0. The number of hydrogen-bond donors (Lipinski definition) is 2. The molecule has 38 heavy (non-hydrogen) atoms. The number of hydrogen-bond acceptors (Lipinski definition) is 2. The van der Waals surface area contributed by atoms with Gasteiger partial charge in [0.15, 0.2) is 0 Å². The summed E-state index contributed by atoms with van der Waals surface area (Å²) in [5, 5.41) is 3.44. The first-order chi connectivity index (χ1) is 18.4. The van der Waals surface area contributed by atoms with Crippen LogP contribution in [0.15, 0.2) is 103 Å². The van der Waals surface area contributed by atoms with Crippen LogP contribution in [0.25, 0.3) is 0 Å². The molecule has 0 saturated heterocycles. The van der Waals surface area contributed by atoms with Gasteiger partial charge in [0.1, 0.15) is 0 Å². The molecule has 0 aromatic heterocycles. The molecule has 2 N–H and O–H groups in total. The molecule has 0 saturated carbocycles. The van der Waals surface area contributed by atoms with Crippen molar-refractivity contribution in [3.63, 3.8) is 0 Å². The highest BCUT2D eigenvalue weighted by molar-refractivity contribution is 5.50. The molecular weight excluding hydrogens is 466 g/mol. The number of benzene rings is 1. The first kappa shape index (κ1) is 37.2. The Morgan fingerprint density at radius 2 is 1.71 bits per heavy atom. The van der Waals surface area contributed by atoms with Gasteiger partial charge in [0.2, 0.25) is 6.41 Å². The molecule has 4 heteroatoms. The van der Waals surface area contributed by atoms with Crippen molar-refractivity contribution >= 4 is 6.41 Å². The number of nitrogens with one attached hydrogen (secondary N) is 2. The molecule has 0 fully saturated rings. The van der Waals surface area contributed by atoms with Crippen LogP contribution in [0.4, 0.5) is 0 Å². The minimum absolute atomic E-state index is 0.0458. The number of carbonyl (C=O) groups excluding carboxylic acids is 1. The molecule has 4 nitrogen and oxygen atoms in total. The molecule has 1 aromatic rings. The SMILES string of the molecule is C=CC=CC/C=C\C.CCC[NH+](C)C.C\C=C/C=C\C=C(/C)C(CNCCC)N(C=O)Cc1ccccc1. The second kappa shape index (κ2) is 28.6. The zero-order chi connectivity index (χ0) is 28.9. The van der Waals surface area contributed by atoms with Crippen LogP contribution in [-0.2, 0) is 11.3 Å². The standard InChI is InChI=1S/C21H30N2O.C8H12.C5H13N/c1-4-6-7-9-12-19(3)21(16-22-15-5-2)23(18-24)17-20-13-10-8-11-14-20;1-3-5-7-8-6-4-2;1-4-5-6(2)3/h4,6-14,18,21-22H,5,15-17H2,1-3H3;3-7H,1,8H2,2H3;4-5H2,1-3H3/p+1/b6-4-,9-7-,19-12+;6-4-,7-5?;. The summed E-state index contributed by atoms with van der Waals surface area (Å²) in [7, 11) is 4.34. The van der Waals surface area contributed by atoms with E-state index < -0.39 is 0 Å². The topological polar surface area (TPSA) is 36.8 Å². The van der Waals surface area contributed by atoms with Gasteiger partial charge in [-0.3, -0.25) is 4.79 Å². The summed E-state index contributed by atoms with van der Waals surface area (Å²) in [5.41, 5.74) is 2.31. The van der Waals surface area contributed by atoms with Crippen LogP contribution in [0, 0.1) is 0 Å². The van der Waals surface area contributed by atoms with E-state index in [2.05, 4.69) is 77.1 Å². The van der Waals surface area contributed by atoms with Gasteiger partial charge in [-0.05, 0) is 57.7 Å². The maximum absolute atomic E-state index is 11.7. The van der Waals surface area contributed by atoms with Crippen molar-refractivity contribution in [2.24, 2.45) is 0 Å². The Balaban J connectivity index is 0. The molecular formula is C34H56N3O+. The lowest BCUT2D eigenvalue weighted by molar-refractivity contribution is -0.858. The molecule has 0 radical (unpaired) electrons. The van der Waals surface area contributed by atoms with E-state index in [1.165, 1.54) is 23.4 Å². The van der Waals surface area contributed by atoms with E-state index >= 15 is 0 Å². The second-order valence-electron chi connectivity index (χ2n) is 9.23. The third-order valence-corrected chi connectivity index (χ3v) is 5.34. The Morgan fingerprint density at radius 3 is 2.21 bits per heavy atom. The van der Waals surface area contributed by atoms with Crippen molar-refractivity contribution in [3.05, 3.63) is 109 Å². The predicted octanol–water partition coefficient (Wildman–Crippen LogP) is 6.33. The largest absolute Gasteiger partial charge is 0.340 e. The number of nitrogens with zero attached hydrogens (tertiary/aromatic N) is 1. The third kappa shape index (κ3) is 23.4. The minimum atomic E-state index is 0.0458. The van der Waals surface area contributed by atoms with Crippen molar-refractivity contribution in [2.45, 2.75) is 66.5 Å². The van der Waals surface area contributed by atoms with E-state index in [1.54, 1.807) is 6.08 Å². The van der Waals surface area contributed by atoms with E-state index in [-0.39, 0.29) is 6.04 Å². The average molecular weight is 523 g/mol. The van der Waals surface area contributed by atoms with Gasteiger partial charge in [-0.15, -0.1) is 0 Å². The van der Waals surface area contributed by atoms with Gasteiger partial charge in [0.05, 0.1) is 26.7 Å². The van der Waals surface area contributed by atoms with Gasteiger partial charge in [0, 0.05) is 13.1 Å². The number of carbonyl (C=O) groups is 1. The van der Waals surface area contributed by atoms with Gasteiger partial charge in [0.25, 0.3) is 0 Å². The fourth-order valence-electron chi connectivity index (χ4n) is 3.35. The molecule has 1 rings (SSSR count). The summed E-state index contributed by atoms with van der Waals surface area (Å²) in [6.45, 7) is 17.6. The van der Waals surface area contributed by atoms with Gasteiger partial charge >= 0.3 is 0 Å². The van der Waals surface area contributed by atoms with Crippen molar-refractivity contribution in [2.75, 3.05) is 33.7 Å². The quantitative estimate of drug-likeness (QED) is 0.115. The summed E-state index contributed by atoms with van der Waals surface area (Å²) < 4.78 is 0. The number of amides is 1. The Labute approximate surface area is 235 Å². The minimum Gasteiger partial charge on any atom is -0.340 e. The van der Waals surface area contributed by atoms with Crippen LogP contribution in [0.3, 0.4) is 0 Å². The Hall–Kier alpha value is -2.95. The van der Waals surface area contributed by atoms with E-state index in [9.17, 15) is 4.79 Å². The van der Waals surface area contributed by atoms with E-state index in [0.717, 1.165) is 37.9 Å². The fraction of sp³-hybridized carbons (Fsp3) is 0.441. The third-order valence-electron chi connectivity index (χ3n) is 5.34. The normalized spacial score (nSPS) is 12.5. The predicted molar refractivity (Wildman–Crippen MR) is 169 cm³/mol. The summed E-state index contributed by atoms with van der Waals surface area (Å²) in [6, 6.07) is 10.2. The molecule has 1 aromatic carbocycles. The number of rotatable bonds is 16. The van der Waals surface area contributed by atoms with Crippen LogP contribution in [-0.4, -0.2) is 51.1 Å². The average Bonchev–Trinajstić information content (AvgIpc) is 2.92. The lowest BCUT2D eigenvalue weighted by atomic mass is 10.1.